The summed E-state index contributed by atoms with van der Waals surface area (Å²) in [6.07, 6.45) is 15.1. The van der Waals surface area contributed by atoms with Gasteiger partial charge in [0, 0.05) is 55.1 Å². The summed E-state index contributed by atoms with van der Waals surface area (Å²) < 4.78 is 10.3. The number of amides is 1. The molecule has 1 amide bonds. The Morgan fingerprint density at radius 3 is 2.65 bits per heavy atom. The molecule has 0 bridgehead atoms. The van der Waals surface area contributed by atoms with Crippen LogP contribution in [0.2, 0.25) is 0 Å². The van der Waals surface area contributed by atoms with Crippen LogP contribution in [0.25, 0.3) is 0 Å². The Morgan fingerprint density at radius 2 is 1.89 bits per heavy atom. The van der Waals surface area contributed by atoms with E-state index < -0.39 is 10.8 Å². The summed E-state index contributed by atoms with van der Waals surface area (Å²) in [5.41, 5.74) is 3.66. The molecule has 2 saturated heterocycles. The average molecular weight is 639 g/mol. The third-order valence-electron chi connectivity index (χ3n) is 9.70. The van der Waals surface area contributed by atoms with Crippen molar-refractivity contribution >= 4 is 46.6 Å². The topological polar surface area (TPSA) is 110 Å². The van der Waals surface area contributed by atoms with E-state index >= 15 is 0 Å². The Morgan fingerprint density at radius 1 is 1.11 bits per heavy atom. The zero-order valence-corrected chi connectivity index (χ0v) is 27.0. The lowest BCUT2D eigenvalue weighted by molar-refractivity contribution is -0.137. The number of carbonyl (C=O) groups excluding carboxylic acids is 3. The molecule has 2 spiro atoms. The molecule has 9 nitrogen and oxygen atoms in total. The number of hydrogen-bond donors (Lipinski definition) is 1. The van der Waals surface area contributed by atoms with Gasteiger partial charge in [-0.25, -0.2) is 9.78 Å². The van der Waals surface area contributed by atoms with Gasteiger partial charge in [0.25, 0.3) is 5.91 Å². The first kappa shape index (κ1) is 30.6. The normalized spacial score (nSPS) is 25.8. The van der Waals surface area contributed by atoms with Crippen LogP contribution in [0.15, 0.2) is 76.8 Å². The largest absolute Gasteiger partial charge is 0.462 e. The van der Waals surface area contributed by atoms with Crippen molar-refractivity contribution in [2.24, 2.45) is 16.3 Å². The maximum Gasteiger partial charge on any atom is 0.344 e. The highest BCUT2D eigenvalue weighted by atomic mass is 32.2. The van der Waals surface area contributed by atoms with Gasteiger partial charge in [0.15, 0.2) is 5.78 Å². The van der Waals surface area contributed by atoms with Crippen LogP contribution in [-0.2, 0) is 14.3 Å². The minimum atomic E-state index is -0.536. The lowest BCUT2D eigenvalue weighted by atomic mass is 9.73. The molecule has 46 heavy (non-hydrogen) atoms. The molecule has 3 atom stereocenters. The quantitative estimate of drug-likeness (QED) is 0.303. The van der Waals surface area contributed by atoms with E-state index in [-0.39, 0.29) is 29.0 Å². The molecule has 3 unspecified atom stereocenters. The molecule has 1 aromatic heterocycles. The number of Topliss-reactive ketones (excluding diaryl/α,β-unsaturated/α-hetero) is 1. The molecule has 1 aliphatic carbocycles. The molecule has 2 fully saturated rings. The van der Waals surface area contributed by atoms with Crippen LogP contribution in [0.4, 0.5) is 11.5 Å². The zero-order chi connectivity index (χ0) is 31.9. The van der Waals surface area contributed by atoms with Gasteiger partial charge < -0.3 is 19.7 Å². The maximum absolute atomic E-state index is 13.7. The Bertz CT molecular complexity index is 1680. The summed E-state index contributed by atoms with van der Waals surface area (Å²) in [5.74, 6) is 0.141. The number of ketones is 1. The van der Waals surface area contributed by atoms with Gasteiger partial charge in [-0.1, -0.05) is 24.3 Å². The molecule has 0 saturated carbocycles. The molecule has 10 heteroatoms. The molecular weight excluding hydrogens is 600 g/mol. The molecular formula is C36H38N4O5S. The Hall–Kier alpha value is -4.02. The minimum Gasteiger partial charge on any atom is -0.462 e. The second-order valence-electron chi connectivity index (χ2n) is 12.8. The Kier molecular flexibility index (Phi) is 8.19. The average Bonchev–Trinajstić information content (AvgIpc) is 3.33. The van der Waals surface area contributed by atoms with E-state index in [1.165, 1.54) is 11.8 Å². The first-order valence-electron chi connectivity index (χ1n) is 16.1. The molecule has 238 valence electrons. The van der Waals surface area contributed by atoms with E-state index in [9.17, 15) is 14.4 Å². The van der Waals surface area contributed by atoms with E-state index in [0.717, 1.165) is 50.4 Å². The number of rotatable bonds is 7. The standard InChI is InChI=1S/C36H38N4O5S/c1-3-45-34(43)29-19-25-9-12-28(39-30-6-4-5-13-36(25,30)46-29)31(41)24-7-10-26(11-8-24)38-33(42)27-18-23(2)20-37-32(27)40-21-35(22-40)14-16-44-17-15-35/h4-8,10-11,13,18-20,25,28H,3,9,12,14-17,21-22H2,1-2H3,(H,38,42). The van der Waals surface area contributed by atoms with Crippen molar-refractivity contribution in [3.05, 3.63) is 88.5 Å². The van der Waals surface area contributed by atoms with E-state index in [4.69, 9.17) is 14.5 Å². The number of nitrogens with one attached hydrogen (secondary N) is 1. The molecule has 4 aliphatic heterocycles. The summed E-state index contributed by atoms with van der Waals surface area (Å²) in [4.78, 5) is 52.2. The van der Waals surface area contributed by atoms with Gasteiger partial charge in [0.2, 0.25) is 0 Å². The Labute approximate surface area is 273 Å². The van der Waals surface area contributed by atoms with Crippen molar-refractivity contribution in [2.75, 3.05) is 43.1 Å². The fourth-order valence-corrected chi connectivity index (χ4v) is 8.64. The van der Waals surface area contributed by atoms with Gasteiger partial charge >= 0.3 is 5.97 Å². The molecule has 2 aromatic rings. The summed E-state index contributed by atoms with van der Waals surface area (Å²) >= 11 is 1.47. The second kappa shape index (κ2) is 12.3. The van der Waals surface area contributed by atoms with E-state index in [1.54, 1.807) is 37.4 Å². The van der Waals surface area contributed by atoms with Crippen LogP contribution in [0.5, 0.6) is 0 Å². The second-order valence-corrected chi connectivity index (χ2v) is 14.1. The number of aryl methyl sites for hydroxylation is 1. The van der Waals surface area contributed by atoms with Gasteiger partial charge in [0.05, 0.1) is 27.5 Å². The van der Waals surface area contributed by atoms with Crippen molar-refractivity contribution < 1.29 is 23.9 Å². The van der Waals surface area contributed by atoms with Gasteiger partial charge in [-0.3, -0.25) is 14.6 Å². The minimum absolute atomic E-state index is 0.0340. The van der Waals surface area contributed by atoms with Crippen molar-refractivity contribution in [3.63, 3.8) is 0 Å². The van der Waals surface area contributed by atoms with Crippen LogP contribution in [0, 0.1) is 18.3 Å². The highest BCUT2D eigenvalue weighted by molar-refractivity contribution is 8.06. The first-order valence-corrected chi connectivity index (χ1v) is 16.9. The van der Waals surface area contributed by atoms with Gasteiger partial charge in [-0.15, -0.1) is 11.8 Å². The number of aromatic nitrogens is 1. The summed E-state index contributed by atoms with van der Waals surface area (Å²) in [7, 11) is 0. The maximum atomic E-state index is 13.7. The number of benzene rings is 1. The van der Waals surface area contributed by atoms with Gasteiger partial charge in [-0.2, -0.15) is 0 Å². The predicted octanol–water partition coefficient (Wildman–Crippen LogP) is 5.72. The van der Waals surface area contributed by atoms with Gasteiger partial charge in [0.1, 0.15) is 11.9 Å². The van der Waals surface area contributed by atoms with Crippen molar-refractivity contribution in [1.82, 2.24) is 4.98 Å². The zero-order valence-electron chi connectivity index (χ0n) is 26.2. The fourth-order valence-electron chi connectivity index (χ4n) is 7.20. The number of pyridine rings is 1. The number of carbonyl (C=O) groups is 3. The number of esters is 1. The first-order chi connectivity index (χ1) is 22.3. The molecule has 7 rings (SSSR count). The van der Waals surface area contributed by atoms with Crippen molar-refractivity contribution in [3.8, 4) is 0 Å². The fraction of sp³-hybridized carbons (Fsp3) is 0.417. The van der Waals surface area contributed by atoms with Gasteiger partial charge in [-0.05, 0) is 81.5 Å². The van der Waals surface area contributed by atoms with E-state index in [0.29, 0.717) is 47.0 Å². The van der Waals surface area contributed by atoms with E-state index in [2.05, 4.69) is 21.3 Å². The molecule has 1 N–H and O–H groups in total. The lowest BCUT2D eigenvalue weighted by Crippen LogP contribution is -2.59. The molecule has 1 aromatic carbocycles. The summed E-state index contributed by atoms with van der Waals surface area (Å²) in [6.45, 7) is 7.40. The van der Waals surface area contributed by atoms with Crippen LogP contribution in [-0.4, -0.2) is 72.1 Å². The lowest BCUT2D eigenvalue weighted by Gasteiger charge is -2.53. The number of nitrogens with zero attached hydrogens (tertiary/aromatic N) is 3. The smallest absolute Gasteiger partial charge is 0.344 e. The van der Waals surface area contributed by atoms with Crippen LogP contribution in [0.3, 0.4) is 0 Å². The number of aliphatic imine (C=N–C) groups is 1. The highest BCUT2D eigenvalue weighted by Crippen LogP contribution is 2.53. The number of anilines is 2. The third kappa shape index (κ3) is 5.62. The van der Waals surface area contributed by atoms with Crippen LogP contribution < -0.4 is 10.2 Å². The third-order valence-corrected chi connectivity index (χ3v) is 11.2. The molecule has 5 heterocycles. The molecule has 0 radical (unpaired) electrons. The summed E-state index contributed by atoms with van der Waals surface area (Å²) in [6, 6.07) is 8.39. The molecule has 5 aliphatic rings. The van der Waals surface area contributed by atoms with E-state index in [1.807, 2.05) is 37.3 Å². The SMILES string of the molecule is CCOC(=O)C1=CC2CCC(C(=O)c3ccc(NC(=O)c4cc(C)cnc4N4CC5(CCOCC5)C4)cc3)N=C3C=CC=CC32S1. The number of allylic oxidation sites excluding steroid dienone is 4. The van der Waals surface area contributed by atoms with Crippen LogP contribution >= 0.6 is 11.8 Å². The van der Waals surface area contributed by atoms with Crippen LogP contribution in [0.1, 0.15) is 58.9 Å². The van der Waals surface area contributed by atoms with Crippen molar-refractivity contribution in [1.29, 1.82) is 0 Å². The number of hydrogen-bond acceptors (Lipinski definition) is 9. The Balaban J connectivity index is 1.04. The highest BCUT2D eigenvalue weighted by Gasteiger charge is 2.50. The predicted molar refractivity (Wildman–Crippen MR) is 180 cm³/mol. The number of ether oxygens (including phenoxy) is 2. The van der Waals surface area contributed by atoms with Crippen molar-refractivity contribution in [2.45, 2.75) is 50.3 Å². The summed E-state index contributed by atoms with van der Waals surface area (Å²) in [5, 5.41) is 3.01. The number of thioether (sulfide) groups is 1. The monoisotopic (exact) mass is 638 g/mol.